The first-order chi connectivity index (χ1) is 12.5. The third-order valence-corrected chi connectivity index (χ3v) is 4.52. The number of benzene rings is 2. The highest BCUT2D eigenvalue weighted by atomic mass is 16.5. The van der Waals surface area contributed by atoms with Gasteiger partial charge in [-0.25, -0.2) is 13.9 Å². The third kappa shape index (κ3) is 3.55. The molecule has 0 aliphatic carbocycles. The highest BCUT2D eigenvalue weighted by Gasteiger charge is 2.21. The Balaban J connectivity index is 1.66. The lowest BCUT2D eigenvalue weighted by Gasteiger charge is -2.12. The Bertz CT molecular complexity index is 915. The van der Waals surface area contributed by atoms with Crippen LogP contribution in [0.25, 0.3) is 11.0 Å². The normalized spacial score (nSPS) is 12.2. The van der Waals surface area contributed by atoms with Crippen LogP contribution in [0, 0.1) is 6.92 Å². The number of para-hydroxylation sites is 2. The van der Waals surface area contributed by atoms with Crippen molar-refractivity contribution in [2.24, 2.45) is 7.05 Å². The van der Waals surface area contributed by atoms with Crippen molar-refractivity contribution in [3.8, 4) is 5.75 Å². The minimum atomic E-state index is -0.662. The second-order valence-electron chi connectivity index (χ2n) is 6.19. The molecule has 1 atom stereocenters. The molecule has 0 bridgehead atoms. The van der Waals surface area contributed by atoms with E-state index in [0.717, 1.165) is 16.9 Å². The maximum atomic E-state index is 11.4. The van der Waals surface area contributed by atoms with E-state index >= 15 is 0 Å². The topological polar surface area (TPSA) is 64.6 Å². The first-order valence-corrected chi connectivity index (χ1v) is 8.44. The standard InChI is InChI=1S/C20H23N2O4/c1-14-21(2)18-6-4-5-7-19(18)22(14)12-16(23)13-26-17-10-8-15(9-11-17)20(24)25-3/h4-11,16,23H,12-13H2,1-3H3/q+1/t16-/m1/s1. The maximum absolute atomic E-state index is 11.4. The SMILES string of the molecule is COC(=O)c1ccc(OC[C@H](O)Cn2c(C)[n+](C)c3ccccc32)cc1. The van der Waals surface area contributed by atoms with Crippen molar-refractivity contribution in [1.29, 1.82) is 0 Å². The highest BCUT2D eigenvalue weighted by Crippen LogP contribution is 2.16. The van der Waals surface area contributed by atoms with E-state index in [0.29, 0.717) is 17.9 Å². The van der Waals surface area contributed by atoms with Crippen molar-refractivity contribution in [3.63, 3.8) is 0 Å². The molecule has 0 saturated carbocycles. The number of imidazole rings is 1. The predicted molar refractivity (Wildman–Crippen MR) is 97.1 cm³/mol. The van der Waals surface area contributed by atoms with Crippen LogP contribution in [-0.2, 0) is 18.3 Å². The number of rotatable bonds is 6. The van der Waals surface area contributed by atoms with E-state index in [1.807, 2.05) is 32.2 Å². The molecule has 3 rings (SSSR count). The quantitative estimate of drug-likeness (QED) is 0.543. The Kier molecular flexibility index (Phi) is 5.23. The van der Waals surface area contributed by atoms with Crippen molar-refractivity contribution < 1.29 is 23.9 Å². The Morgan fingerprint density at radius 1 is 1.19 bits per heavy atom. The average molecular weight is 355 g/mol. The lowest BCUT2D eigenvalue weighted by Crippen LogP contribution is -2.32. The summed E-state index contributed by atoms with van der Waals surface area (Å²) in [6.45, 7) is 2.62. The number of ether oxygens (including phenoxy) is 2. The molecular formula is C20H23N2O4+. The molecule has 0 aliphatic heterocycles. The van der Waals surface area contributed by atoms with Crippen LogP contribution < -0.4 is 9.30 Å². The zero-order valence-corrected chi connectivity index (χ0v) is 15.2. The molecule has 136 valence electrons. The first kappa shape index (κ1) is 17.9. The zero-order valence-electron chi connectivity index (χ0n) is 15.2. The molecule has 0 unspecified atom stereocenters. The number of hydrogen-bond acceptors (Lipinski definition) is 4. The summed E-state index contributed by atoms with van der Waals surface area (Å²) in [7, 11) is 3.36. The van der Waals surface area contributed by atoms with E-state index in [-0.39, 0.29) is 12.6 Å². The number of nitrogens with zero attached hydrogens (tertiary/aromatic N) is 2. The smallest absolute Gasteiger partial charge is 0.337 e. The maximum Gasteiger partial charge on any atom is 0.337 e. The van der Waals surface area contributed by atoms with Crippen LogP contribution in [0.1, 0.15) is 16.2 Å². The molecule has 2 aromatic carbocycles. The van der Waals surface area contributed by atoms with Crippen molar-refractivity contribution in [1.82, 2.24) is 4.57 Å². The number of aryl methyl sites for hydroxylation is 1. The molecule has 0 aliphatic rings. The molecule has 6 nitrogen and oxygen atoms in total. The minimum absolute atomic E-state index is 0.160. The van der Waals surface area contributed by atoms with Crippen molar-refractivity contribution in [2.45, 2.75) is 19.6 Å². The van der Waals surface area contributed by atoms with Crippen molar-refractivity contribution >= 4 is 17.0 Å². The third-order valence-electron chi connectivity index (χ3n) is 4.52. The summed E-state index contributed by atoms with van der Waals surface area (Å²) >= 11 is 0. The number of hydrogen-bond donors (Lipinski definition) is 1. The van der Waals surface area contributed by atoms with Crippen LogP contribution >= 0.6 is 0 Å². The molecule has 0 saturated heterocycles. The number of aliphatic hydroxyl groups excluding tert-OH is 1. The van der Waals surface area contributed by atoms with Gasteiger partial charge in [-0.3, -0.25) is 0 Å². The molecule has 1 aromatic heterocycles. The molecule has 0 fully saturated rings. The van der Waals surface area contributed by atoms with Gasteiger partial charge in [-0.1, -0.05) is 12.1 Å². The highest BCUT2D eigenvalue weighted by molar-refractivity contribution is 5.89. The Morgan fingerprint density at radius 2 is 1.88 bits per heavy atom. The molecule has 1 heterocycles. The monoisotopic (exact) mass is 355 g/mol. The molecule has 3 aromatic rings. The Morgan fingerprint density at radius 3 is 2.58 bits per heavy atom. The van der Waals surface area contributed by atoms with Gasteiger partial charge >= 0.3 is 5.97 Å². The number of carbonyl (C=O) groups excluding carboxylic acids is 1. The van der Waals surface area contributed by atoms with Crippen LogP contribution in [0.5, 0.6) is 5.75 Å². The van der Waals surface area contributed by atoms with Gasteiger partial charge < -0.3 is 14.6 Å². The van der Waals surface area contributed by atoms with Crippen LogP contribution in [0.3, 0.4) is 0 Å². The molecule has 26 heavy (non-hydrogen) atoms. The lowest BCUT2D eigenvalue weighted by atomic mass is 10.2. The van der Waals surface area contributed by atoms with Gasteiger partial charge in [0.25, 0.3) is 5.82 Å². The van der Waals surface area contributed by atoms with Crippen molar-refractivity contribution in [3.05, 3.63) is 59.9 Å². The summed E-state index contributed by atoms with van der Waals surface area (Å²) in [5.74, 6) is 1.27. The van der Waals surface area contributed by atoms with Gasteiger partial charge in [0.05, 0.1) is 19.7 Å². The van der Waals surface area contributed by atoms with E-state index in [2.05, 4.69) is 19.9 Å². The van der Waals surface area contributed by atoms with E-state index in [4.69, 9.17) is 4.74 Å². The summed E-state index contributed by atoms with van der Waals surface area (Å²) in [6, 6.07) is 14.7. The zero-order chi connectivity index (χ0) is 18.7. The lowest BCUT2D eigenvalue weighted by molar-refractivity contribution is -0.652. The fourth-order valence-corrected chi connectivity index (χ4v) is 3.00. The molecular weight excluding hydrogens is 332 g/mol. The largest absolute Gasteiger partial charge is 0.491 e. The van der Waals surface area contributed by atoms with Gasteiger partial charge in [-0.15, -0.1) is 0 Å². The van der Waals surface area contributed by atoms with E-state index in [1.165, 1.54) is 7.11 Å². The molecule has 6 heteroatoms. The molecule has 0 amide bonds. The van der Waals surface area contributed by atoms with Gasteiger partial charge in [-0.2, -0.15) is 0 Å². The number of carbonyl (C=O) groups is 1. The van der Waals surface area contributed by atoms with Crippen LogP contribution in [0.4, 0.5) is 0 Å². The summed E-state index contributed by atoms with van der Waals surface area (Å²) in [5.41, 5.74) is 2.66. The number of aromatic nitrogens is 2. The summed E-state index contributed by atoms with van der Waals surface area (Å²) in [6.07, 6.45) is -0.662. The number of methoxy groups -OCH3 is 1. The minimum Gasteiger partial charge on any atom is -0.491 e. The fraction of sp³-hybridized carbons (Fsp3) is 0.300. The second kappa shape index (κ2) is 7.58. The Labute approximate surface area is 152 Å². The van der Waals surface area contributed by atoms with Crippen LogP contribution in [0.2, 0.25) is 0 Å². The fourth-order valence-electron chi connectivity index (χ4n) is 3.00. The van der Waals surface area contributed by atoms with Gasteiger partial charge in [0.15, 0.2) is 11.0 Å². The van der Waals surface area contributed by atoms with Gasteiger partial charge in [0.2, 0.25) is 0 Å². The number of esters is 1. The van der Waals surface area contributed by atoms with Gasteiger partial charge in [0.1, 0.15) is 25.0 Å². The number of aliphatic hydroxyl groups is 1. The molecule has 0 radical (unpaired) electrons. The van der Waals surface area contributed by atoms with E-state index in [9.17, 15) is 9.90 Å². The summed E-state index contributed by atoms with van der Waals surface area (Å²) < 4.78 is 14.5. The van der Waals surface area contributed by atoms with Gasteiger partial charge in [0, 0.05) is 6.92 Å². The predicted octanol–water partition coefficient (Wildman–Crippen LogP) is 2.00. The summed E-state index contributed by atoms with van der Waals surface area (Å²) in [5, 5.41) is 10.4. The van der Waals surface area contributed by atoms with E-state index < -0.39 is 6.10 Å². The summed E-state index contributed by atoms with van der Waals surface area (Å²) in [4.78, 5) is 11.4. The van der Waals surface area contributed by atoms with Crippen molar-refractivity contribution in [2.75, 3.05) is 13.7 Å². The van der Waals surface area contributed by atoms with Crippen LogP contribution in [0.15, 0.2) is 48.5 Å². The average Bonchev–Trinajstić information content (AvgIpc) is 2.91. The van der Waals surface area contributed by atoms with E-state index in [1.54, 1.807) is 24.3 Å². The number of fused-ring (bicyclic) bond motifs is 1. The van der Waals surface area contributed by atoms with Crippen LogP contribution in [-0.4, -0.2) is 35.5 Å². The molecule has 1 N–H and O–H groups in total. The van der Waals surface area contributed by atoms with Gasteiger partial charge in [-0.05, 0) is 36.4 Å². The first-order valence-electron chi connectivity index (χ1n) is 8.44. The molecule has 0 spiro atoms. The Hall–Kier alpha value is -2.86. The second-order valence-corrected chi connectivity index (χ2v) is 6.19.